The minimum atomic E-state index is -3.54. The summed E-state index contributed by atoms with van der Waals surface area (Å²) in [6.07, 6.45) is 1.97. The second-order valence-corrected chi connectivity index (χ2v) is 6.45. The summed E-state index contributed by atoms with van der Waals surface area (Å²) in [4.78, 5) is 11.0. The third kappa shape index (κ3) is 5.85. The van der Waals surface area contributed by atoms with Gasteiger partial charge in [0, 0.05) is 26.7 Å². The summed E-state index contributed by atoms with van der Waals surface area (Å²) in [5.41, 5.74) is 0. The van der Waals surface area contributed by atoms with E-state index in [0.29, 0.717) is 13.2 Å². The second kappa shape index (κ2) is 7.78. The Morgan fingerprint density at radius 3 is 2.84 bits per heavy atom. The van der Waals surface area contributed by atoms with Crippen molar-refractivity contribution in [1.29, 1.82) is 0 Å². The molecule has 0 aromatic rings. The molecule has 0 radical (unpaired) electrons. The molecule has 112 valence electrons. The fourth-order valence-electron chi connectivity index (χ4n) is 1.77. The number of methoxy groups -OCH3 is 1. The van der Waals surface area contributed by atoms with E-state index in [1.54, 1.807) is 0 Å². The number of nitrogens with zero attached hydrogens (tertiary/aromatic N) is 1. The van der Waals surface area contributed by atoms with Gasteiger partial charge in [-0.1, -0.05) is 0 Å². The first-order valence-corrected chi connectivity index (χ1v) is 7.75. The van der Waals surface area contributed by atoms with E-state index >= 15 is 0 Å². The second-order valence-electron chi connectivity index (χ2n) is 4.58. The van der Waals surface area contributed by atoms with Crippen molar-refractivity contribution in [3.63, 3.8) is 0 Å². The molecule has 0 aromatic heterocycles. The molecular weight excluding hydrogens is 272 g/mol. The highest BCUT2D eigenvalue weighted by Crippen LogP contribution is 2.12. The molecule has 1 aliphatic heterocycles. The van der Waals surface area contributed by atoms with E-state index in [-0.39, 0.29) is 18.9 Å². The van der Waals surface area contributed by atoms with Crippen LogP contribution in [0.5, 0.6) is 0 Å². The van der Waals surface area contributed by atoms with Crippen molar-refractivity contribution in [1.82, 2.24) is 9.03 Å². The van der Waals surface area contributed by atoms with Gasteiger partial charge < -0.3 is 9.47 Å². The summed E-state index contributed by atoms with van der Waals surface area (Å²) in [6, 6.07) is 0. The number of ether oxygens (including phenoxy) is 2. The molecule has 0 bridgehead atoms. The van der Waals surface area contributed by atoms with E-state index in [0.717, 1.165) is 23.8 Å². The average molecular weight is 294 g/mol. The van der Waals surface area contributed by atoms with Crippen LogP contribution in [0.3, 0.4) is 0 Å². The fourth-order valence-corrected chi connectivity index (χ4v) is 2.77. The van der Waals surface area contributed by atoms with Gasteiger partial charge in [0.2, 0.25) is 0 Å². The fraction of sp³-hybridized carbons (Fsp3) is 0.909. The monoisotopic (exact) mass is 294 g/mol. The highest BCUT2D eigenvalue weighted by atomic mass is 32.2. The Bertz CT molecular complexity index is 379. The Morgan fingerprint density at radius 1 is 1.53 bits per heavy atom. The normalized spacial score (nSPS) is 20.5. The highest BCUT2D eigenvalue weighted by Gasteiger charge is 2.21. The van der Waals surface area contributed by atoms with Crippen LogP contribution in [0.4, 0.5) is 0 Å². The largest absolute Gasteiger partial charge is 0.469 e. The van der Waals surface area contributed by atoms with Gasteiger partial charge in [0.1, 0.15) is 0 Å². The lowest BCUT2D eigenvalue weighted by Gasteiger charge is -2.24. The first kappa shape index (κ1) is 16.4. The molecule has 8 heteroatoms. The van der Waals surface area contributed by atoms with Crippen LogP contribution in [-0.4, -0.2) is 59.2 Å². The lowest BCUT2D eigenvalue weighted by Crippen LogP contribution is -2.42. The SMILES string of the molecule is COC(=O)CCN(C)S(=O)(=O)NCC1CCCOC1. The Morgan fingerprint density at radius 2 is 2.26 bits per heavy atom. The maximum atomic E-state index is 11.9. The number of hydrogen-bond acceptors (Lipinski definition) is 5. The zero-order valence-electron chi connectivity index (χ0n) is 11.4. The Hall–Kier alpha value is -0.700. The summed E-state index contributed by atoms with van der Waals surface area (Å²) in [5.74, 6) is -0.208. The molecule has 1 saturated heterocycles. The molecular formula is C11H22N2O5S. The Balaban J connectivity index is 2.34. The molecule has 19 heavy (non-hydrogen) atoms. The van der Waals surface area contributed by atoms with Crippen molar-refractivity contribution in [3.8, 4) is 0 Å². The first-order valence-electron chi connectivity index (χ1n) is 6.31. The van der Waals surface area contributed by atoms with Crippen LogP contribution in [0.2, 0.25) is 0 Å². The van der Waals surface area contributed by atoms with Gasteiger partial charge in [0.05, 0.1) is 20.1 Å². The average Bonchev–Trinajstić information content (AvgIpc) is 2.43. The van der Waals surface area contributed by atoms with Crippen LogP contribution in [-0.2, 0) is 24.5 Å². The minimum absolute atomic E-state index is 0.0421. The van der Waals surface area contributed by atoms with Crippen molar-refractivity contribution in [2.75, 3.05) is 40.5 Å². The van der Waals surface area contributed by atoms with Crippen molar-refractivity contribution in [3.05, 3.63) is 0 Å². The van der Waals surface area contributed by atoms with Gasteiger partial charge in [-0.3, -0.25) is 4.79 Å². The molecule has 0 aromatic carbocycles. The van der Waals surface area contributed by atoms with Crippen LogP contribution in [0.15, 0.2) is 0 Å². The molecule has 0 spiro atoms. The zero-order chi connectivity index (χ0) is 14.3. The molecule has 0 aliphatic carbocycles. The van der Waals surface area contributed by atoms with Crippen LogP contribution in [0, 0.1) is 5.92 Å². The zero-order valence-corrected chi connectivity index (χ0v) is 12.2. The van der Waals surface area contributed by atoms with E-state index in [1.165, 1.54) is 14.2 Å². The van der Waals surface area contributed by atoms with E-state index < -0.39 is 16.2 Å². The van der Waals surface area contributed by atoms with Crippen molar-refractivity contribution in [2.24, 2.45) is 5.92 Å². The number of carbonyl (C=O) groups excluding carboxylic acids is 1. The third-order valence-electron chi connectivity index (χ3n) is 3.08. The van der Waals surface area contributed by atoms with E-state index in [4.69, 9.17) is 4.74 Å². The van der Waals surface area contributed by atoms with Crippen LogP contribution in [0.25, 0.3) is 0 Å². The molecule has 1 atom stereocenters. The van der Waals surface area contributed by atoms with Crippen LogP contribution >= 0.6 is 0 Å². The van der Waals surface area contributed by atoms with Gasteiger partial charge in [-0.15, -0.1) is 0 Å². The highest BCUT2D eigenvalue weighted by molar-refractivity contribution is 7.87. The number of hydrogen-bond donors (Lipinski definition) is 1. The quantitative estimate of drug-likeness (QED) is 0.654. The maximum absolute atomic E-state index is 11.9. The predicted octanol–water partition coefficient (Wildman–Crippen LogP) is -0.258. The number of nitrogens with one attached hydrogen (secondary N) is 1. The summed E-state index contributed by atoms with van der Waals surface area (Å²) < 4.78 is 37.2. The van der Waals surface area contributed by atoms with Crippen molar-refractivity contribution < 1.29 is 22.7 Å². The Kier molecular flexibility index (Phi) is 6.70. The standard InChI is InChI=1S/C11H22N2O5S/c1-13(6-5-11(14)17-2)19(15,16)12-8-10-4-3-7-18-9-10/h10,12H,3-9H2,1-2H3. The number of esters is 1. The van der Waals surface area contributed by atoms with Gasteiger partial charge >= 0.3 is 5.97 Å². The van der Waals surface area contributed by atoms with Crippen LogP contribution in [0.1, 0.15) is 19.3 Å². The minimum Gasteiger partial charge on any atom is -0.469 e. The van der Waals surface area contributed by atoms with Crippen molar-refractivity contribution in [2.45, 2.75) is 19.3 Å². The molecule has 1 N–H and O–H groups in total. The molecule has 7 nitrogen and oxygen atoms in total. The molecule has 1 fully saturated rings. The van der Waals surface area contributed by atoms with E-state index in [9.17, 15) is 13.2 Å². The summed E-state index contributed by atoms with van der Waals surface area (Å²) in [5, 5.41) is 0. The van der Waals surface area contributed by atoms with Gasteiger partial charge in [-0.25, -0.2) is 4.72 Å². The molecule has 1 aliphatic rings. The van der Waals surface area contributed by atoms with Crippen LogP contribution < -0.4 is 4.72 Å². The van der Waals surface area contributed by atoms with Gasteiger partial charge in [0.15, 0.2) is 0 Å². The summed E-state index contributed by atoms with van der Waals surface area (Å²) >= 11 is 0. The molecule has 1 unspecified atom stereocenters. The van der Waals surface area contributed by atoms with E-state index in [1.807, 2.05) is 0 Å². The molecule has 0 amide bonds. The number of rotatable bonds is 7. The topological polar surface area (TPSA) is 84.9 Å². The number of carbonyl (C=O) groups is 1. The van der Waals surface area contributed by atoms with Crippen molar-refractivity contribution >= 4 is 16.2 Å². The first-order chi connectivity index (χ1) is 8.95. The van der Waals surface area contributed by atoms with Gasteiger partial charge in [-0.05, 0) is 18.8 Å². The van der Waals surface area contributed by atoms with Gasteiger partial charge in [0.25, 0.3) is 10.2 Å². The Labute approximate surface area is 114 Å². The molecule has 1 rings (SSSR count). The molecule has 0 saturated carbocycles. The van der Waals surface area contributed by atoms with E-state index in [2.05, 4.69) is 9.46 Å². The molecule has 1 heterocycles. The maximum Gasteiger partial charge on any atom is 0.306 e. The summed E-state index contributed by atoms with van der Waals surface area (Å²) in [6.45, 7) is 1.81. The smallest absolute Gasteiger partial charge is 0.306 e. The van der Waals surface area contributed by atoms with Gasteiger partial charge in [-0.2, -0.15) is 12.7 Å². The lowest BCUT2D eigenvalue weighted by molar-refractivity contribution is -0.140. The predicted molar refractivity (Wildman–Crippen MR) is 69.7 cm³/mol. The lowest BCUT2D eigenvalue weighted by atomic mass is 10.0. The third-order valence-corrected chi connectivity index (χ3v) is 4.61. The summed E-state index contributed by atoms with van der Waals surface area (Å²) in [7, 11) is -0.834.